The molecule has 0 saturated carbocycles. The Morgan fingerprint density at radius 1 is 1.25 bits per heavy atom. The van der Waals surface area contributed by atoms with E-state index in [9.17, 15) is 5.21 Å². The largest absolute Gasteiger partial charge is 0.633 e. The summed E-state index contributed by atoms with van der Waals surface area (Å²) in [6.45, 7) is 2.94. The third-order valence-electron chi connectivity index (χ3n) is 1.57. The van der Waals surface area contributed by atoms with Gasteiger partial charge in [-0.3, -0.25) is 0 Å². The minimum atomic E-state index is -0.377. The first kappa shape index (κ1) is 12.8. The van der Waals surface area contributed by atoms with E-state index in [1.165, 1.54) is 0 Å². The first-order valence-electron chi connectivity index (χ1n) is 3.87. The Bertz CT molecular complexity index is 115. The molecule has 0 aromatic heterocycles. The van der Waals surface area contributed by atoms with Gasteiger partial charge in [0.15, 0.2) is 0 Å². The summed E-state index contributed by atoms with van der Waals surface area (Å²) in [5, 5.41) is 11.7. The summed E-state index contributed by atoms with van der Waals surface area (Å²) < 4.78 is -0.377. The average molecular weight is 235 g/mol. The molecular weight excluding hydrogens is 220 g/mol. The Labute approximate surface area is 88.6 Å². The molecule has 12 heavy (non-hydrogen) atoms. The molecule has 0 spiro atoms. The van der Waals surface area contributed by atoms with Crippen molar-refractivity contribution in [1.82, 2.24) is 0 Å². The smallest absolute Gasteiger partial charge is 0.0948 e. The maximum absolute atomic E-state index is 11.8. The minimum absolute atomic E-state index is 0.131. The molecule has 0 radical (unpaired) electrons. The van der Waals surface area contributed by atoms with Crippen LogP contribution in [0, 0.1) is 5.21 Å². The molecule has 0 aromatic carbocycles. The molecule has 0 saturated heterocycles. The zero-order valence-corrected chi connectivity index (χ0v) is 9.37. The molecule has 0 fully saturated rings. The molecule has 0 aliphatic carbocycles. The third-order valence-corrected chi connectivity index (χ3v) is 2.04. The maximum atomic E-state index is 11.8. The zero-order chi connectivity index (χ0) is 9.61. The van der Waals surface area contributed by atoms with Crippen LogP contribution in [0.2, 0.25) is 0 Å². The van der Waals surface area contributed by atoms with Crippen LogP contribution >= 0.6 is 34.8 Å². The highest BCUT2D eigenvalue weighted by Gasteiger charge is 2.17. The average Bonchev–Trinajstić information content (AvgIpc) is 1.85. The second-order valence-electron chi connectivity index (χ2n) is 2.85. The Hall–Kier alpha value is 0.790. The number of quaternary nitrogens is 1. The molecule has 0 N–H and O–H groups in total. The van der Waals surface area contributed by atoms with Crippen LogP contribution in [-0.4, -0.2) is 41.4 Å². The van der Waals surface area contributed by atoms with Crippen molar-refractivity contribution in [3.8, 4) is 0 Å². The zero-order valence-electron chi connectivity index (χ0n) is 7.10. The second-order valence-corrected chi connectivity index (χ2v) is 4.35. The summed E-state index contributed by atoms with van der Waals surface area (Å²) in [6, 6.07) is 0. The summed E-state index contributed by atoms with van der Waals surface area (Å²) in [5.41, 5.74) is 0. The van der Waals surface area contributed by atoms with E-state index >= 15 is 0 Å². The fourth-order valence-electron chi connectivity index (χ4n) is 1.06. The first-order chi connectivity index (χ1) is 5.54. The van der Waals surface area contributed by atoms with Crippen LogP contribution in [-0.2, 0) is 0 Å². The quantitative estimate of drug-likeness (QED) is 0.393. The molecule has 1 unspecified atom stereocenters. The van der Waals surface area contributed by atoms with Gasteiger partial charge in [0.25, 0.3) is 0 Å². The molecule has 0 aliphatic rings. The van der Waals surface area contributed by atoms with E-state index in [1.54, 1.807) is 6.92 Å². The monoisotopic (exact) mass is 233 g/mol. The Morgan fingerprint density at radius 3 is 1.92 bits per heavy atom. The lowest BCUT2D eigenvalue weighted by atomic mass is 10.4. The van der Waals surface area contributed by atoms with Gasteiger partial charge in [-0.15, -0.1) is 34.8 Å². The molecular formula is C7H14Cl3NO. The van der Waals surface area contributed by atoms with Crippen molar-refractivity contribution in [2.45, 2.75) is 12.3 Å². The van der Waals surface area contributed by atoms with E-state index in [-0.39, 0.29) is 10.0 Å². The van der Waals surface area contributed by atoms with Gasteiger partial charge in [0.1, 0.15) is 0 Å². The molecule has 74 valence electrons. The van der Waals surface area contributed by atoms with Crippen LogP contribution in [0.3, 0.4) is 0 Å². The van der Waals surface area contributed by atoms with Crippen molar-refractivity contribution in [3.63, 3.8) is 0 Å². The molecule has 0 rings (SSSR count). The molecule has 0 bridgehead atoms. The Balaban J connectivity index is 3.98. The molecule has 0 aromatic rings. The van der Waals surface area contributed by atoms with Gasteiger partial charge in [-0.2, -0.15) is 0 Å². The summed E-state index contributed by atoms with van der Waals surface area (Å²) in [5.74, 6) is 0.702. The predicted octanol–water partition coefficient (Wildman–Crippen LogP) is 2.41. The lowest BCUT2D eigenvalue weighted by Crippen LogP contribution is -2.48. The summed E-state index contributed by atoms with van der Waals surface area (Å²) in [7, 11) is 0. The highest BCUT2D eigenvalue weighted by Crippen LogP contribution is 2.10. The summed E-state index contributed by atoms with van der Waals surface area (Å²) in [4.78, 5) is 0. The predicted molar refractivity (Wildman–Crippen MR) is 55.0 cm³/mol. The van der Waals surface area contributed by atoms with Crippen LogP contribution in [0.5, 0.6) is 0 Å². The van der Waals surface area contributed by atoms with Crippen LogP contribution in [0.15, 0.2) is 0 Å². The fraction of sp³-hybridized carbons (Fsp3) is 1.00. The van der Waals surface area contributed by atoms with E-state index in [0.717, 1.165) is 0 Å². The van der Waals surface area contributed by atoms with Crippen molar-refractivity contribution >= 4 is 34.8 Å². The number of nitrogens with zero attached hydrogens (tertiary/aromatic N) is 1. The van der Waals surface area contributed by atoms with Crippen molar-refractivity contribution < 1.29 is 4.65 Å². The second kappa shape index (κ2) is 6.28. The normalized spacial score (nSPS) is 14.8. The Morgan fingerprint density at radius 2 is 1.67 bits per heavy atom. The number of hydrogen-bond donors (Lipinski definition) is 0. The summed E-state index contributed by atoms with van der Waals surface area (Å²) in [6.07, 6.45) is 0. The molecule has 0 aliphatic heterocycles. The SMILES string of the molecule is CC(Cl)C[N+]([O-])(CCCl)CCCl. The minimum Gasteiger partial charge on any atom is -0.633 e. The van der Waals surface area contributed by atoms with Crippen LogP contribution < -0.4 is 0 Å². The molecule has 0 heterocycles. The van der Waals surface area contributed by atoms with Gasteiger partial charge >= 0.3 is 0 Å². The van der Waals surface area contributed by atoms with Crippen molar-refractivity contribution in [1.29, 1.82) is 0 Å². The van der Waals surface area contributed by atoms with Gasteiger partial charge in [-0.1, -0.05) is 0 Å². The van der Waals surface area contributed by atoms with E-state index in [0.29, 0.717) is 31.4 Å². The first-order valence-corrected chi connectivity index (χ1v) is 5.38. The van der Waals surface area contributed by atoms with Gasteiger partial charge in [0.05, 0.1) is 36.8 Å². The van der Waals surface area contributed by atoms with Gasteiger partial charge in [0.2, 0.25) is 0 Å². The highest BCUT2D eigenvalue weighted by atomic mass is 35.5. The van der Waals surface area contributed by atoms with Crippen molar-refractivity contribution in [3.05, 3.63) is 5.21 Å². The van der Waals surface area contributed by atoms with Crippen molar-refractivity contribution in [2.75, 3.05) is 31.4 Å². The number of rotatable bonds is 6. The standard InChI is InChI=1S/C7H14Cl3NO/c1-7(10)6-11(12,4-2-8)5-3-9/h7H,2-6H2,1H3. The molecule has 2 nitrogen and oxygen atoms in total. The van der Waals surface area contributed by atoms with Gasteiger partial charge < -0.3 is 9.85 Å². The molecule has 1 atom stereocenters. The van der Waals surface area contributed by atoms with Crippen LogP contribution in [0.1, 0.15) is 6.92 Å². The van der Waals surface area contributed by atoms with Crippen LogP contribution in [0.4, 0.5) is 0 Å². The number of halogens is 3. The van der Waals surface area contributed by atoms with E-state index in [4.69, 9.17) is 34.8 Å². The van der Waals surface area contributed by atoms with Crippen molar-refractivity contribution in [2.24, 2.45) is 0 Å². The maximum Gasteiger partial charge on any atom is 0.0948 e. The number of hydroxylamine groups is 3. The molecule has 0 amide bonds. The van der Waals surface area contributed by atoms with Gasteiger partial charge in [-0.05, 0) is 6.92 Å². The third kappa shape index (κ3) is 5.44. The van der Waals surface area contributed by atoms with E-state index < -0.39 is 0 Å². The Kier molecular flexibility index (Phi) is 6.69. The lowest BCUT2D eigenvalue weighted by molar-refractivity contribution is -0.875. The van der Waals surface area contributed by atoms with Crippen LogP contribution in [0.25, 0.3) is 0 Å². The van der Waals surface area contributed by atoms with E-state index in [1.807, 2.05) is 0 Å². The molecule has 5 heteroatoms. The van der Waals surface area contributed by atoms with E-state index in [2.05, 4.69) is 0 Å². The number of alkyl halides is 3. The fourth-order valence-corrected chi connectivity index (χ4v) is 1.93. The lowest BCUT2D eigenvalue weighted by Gasteiger charge is -2.42. The van der Waals surface area contributed by atoms with Gasteiger partial charge in [-0.25, -0.2) is 0 Å². The summed E-state index contributed by atoms with van der Waals surface area (Å²) >= 11 is 16.7. The number of hydrogen-bond acceptors (Lipinski definition) is 1. The topological polar surface area (TPSA) is 23.1 Å². The van der Waals surface area contributed by atoms with Gasteiger partial charge in [0, 0.05) is 0 Å². The highest BCUT2D eigenvalue weighted by molar-refractivity contribution is 6.20.